The first-order valence-electron chi connectivity index (χ1n) is 5.05. The molecule has 0 bridgehead atoms. The van der Waals surface area contributed by atoms with Gasteiger partial charge in [0, 0.05) is 0 Å². The summed E-state index contributed by atoms with van der Waals surface area (Å²) in [6.45, 7) is 1.77. The van der Waals surface area contributed by atoms with Gasteiger partial charge in [-0.15, -0.1) is 0 Å². The summed E-state index contributed by atoms with van der Waals surface area (Å²) in [7, 11) is 0. The van der Waals surface area contributed by atoms with Gasteiger partial charge in [0.15, 0.2) is 0 Å². The van der Waals surface area contributed by atoms with Crippen LogP contribution in [-0.2, 0) is 0 Å². The van der Waals surface area contributed by atoms with E-state index in [1.807, 2.05) is 0 Å². The zero-order valence-electron chi connectivity index (χ0n) is 8.29. The summed E-state index contributed by atoms with van der Waals surface area (Å²) < 4.78 is 18.4. The number of hydrogen-bond acceptors (Lipinski definition) is 2. The number of ether oxygens (including phenoxy) is 1. The van der Waals surface area contributed by atoms with Crippen LogP contribution >= 0.6 is 0 Å². The summed E-state index contributed by atoms with van der Waals surface area (Å²) in [5.74, 6) is 0.277. The van der Waals surface area contributed by atoms with E-state index in [0.717, 1.165) is 18.6 Å². The molecule has 0 saturated heterocycles. The number of hydrogen-bond donors (Lipinski definition) is 0. The molecule has 2 nitrogen and oxygen atoms in total. The molecule has 1 saturated carbocycles. The monoisotopic (exact) mass is 195 g/mol. The SMILES string of the molecule is Cc1nc(F)ccc1OC1CCCC1. The van der Waals surface area contributed by atoms with Gasteiger partial charge in [-0.25, -0.2) is 4.98 Å². The lowest BCUT2D eigenvalue weighted by Gasteiger charge is -2.14. The lowest BCUT2D eigenvalue weighted by atomic mass is 10.3. The summed E-state index contributed by atoms with van der Waals surface area (Å²) in [5, 5.41) is 0. The number of aromatic nitrogens is 1. The average molecular weight is 195 g/mol. The van der Waals surface area contributed by atoms with Crippen LogP contribution in [0.3, 0.4) is 0 Å². The Morgan fingerprint density at radius 1 is 1.36 bits per heavy atom. The molecule has 0 aromatic carbocycles. The van der Waals surface area contributed by atoms with Crippen LogP contribution in [0, 0.1) is 12.9 Å². The van der Waals surface area contributed by atoms with E-state index in [0.29, 0.717) is 11.8 Å². The van der Waals surface area contributed by atoms with Crippen molar-refractivity contribution in [3.63, 3.8) is 0 Å². The highest BCUT2D eigenvalue weighted by molar-refractivity contribution is 5.26. The van der Waals surface area contributed by atoms with Gasteiger partial charge in [0.1, 0.15) is 5.75 Å². The fourth-order valence-corrected chi connectivity index (χ4v) is 1.83. The van der Waals surface area contributed by atoms with Gasteiger partial charge in [0.2, 0.25) is 5.95 Å². The first-order chi connectivity index (χ1) is 6.75. The number of nitrogens with zero attached hydrogens (tertiary/aromatic N) is 1. The molecular weight excluding hydrogens is 181 g/mol. The van der Waals surface area contributed by atoms with Gasteiger partial charge in [-0.3, -0.25) is 0 Å². The normalized spacial score (nSPS) is 17.3. The Hall–Kier alpha value is -1.12. The summed E-state index contributed by atoms with van der Waals surface area (Å²) >= 11 is 0. The highest BCUT2D eigenvalue weighted by atomic mass is 19.1. The Kier molecular flexibility index (Phi) is 2.66. The summed E-state index contributed by atoms with van der Waals surface area (Å²) in [6.07, 6.45) is 4.99. The van der Waals surface area contributed by atoms with Crippen LogP contribution in [0.15, 0.2) is 12.1 Å². The van der Waals surface area contributed by atoms with Crippen molar-refractivity contribution < 1.29 is 9.13 Å². The minimum absolute atomic E-state index is 0.306. The highest BCUT2D eigenvalue weighted by Gasteiger charge is 2.17. The van der Waals surface area contributed by atoms with Crippen molar-refractivity contribution in [1.82, 2.24) is 4.98 Å². The first kappa shape index (κ1) is 9.44. The second kappa shape index (κ2) is 3.95. The van der Waals surface area contributed by atoms with Crippen LogP contribution in [0.2, 0.25) is 0 Å². The fraction of sp³-hybridized carbons (Fsp3) is 0.545. The number of rotatable bonds is 2. The topological polar surface area (TPSA) is 22.1 Å². The van der Waals surface area contributed by atoms with Gasteiger partial charge >= 0.3 is 0 Å². The Labute approximate surface area is 83.1 Å². The van der Waals surface area contributed by atoms with E-state index in [1.165, 1.54) is 18.9 Å². The molecule has 0 spiro atoms. The zero-order valence-corrected chi connectivity index (χ0v) is 8.29. The molecule has 3 heteroatoms. The molecule has 1 aliphatic carbocycles. The minimum atomic E-state index is -0.443. The van der Waals surface area contributed by atoms with Gasteiger partial charge in [0.05, 0.1) is 11.8 Å². The summed E-state index contributed by atoms with van der Waals surface area (Å²) in [6, 6.07) is 3.01. The predicted octanol–water partition coefficient (Wildman–Crippen LogP) is 2.85. The lowest BCUT2D eigenvalue weighted by molar-refractivity contribution is 0.207. The molecule has 0 radical (unpaired) electrons. The summed E-state index contributed by atoms with van der Waals surface area (Å²) in [5.41, 5.74) is 0.636. The molecule has 1 aromatic heterocycles. The Morgan fingerprint density at radius 3 is 2.71 bits per heavy atom. The lowest BCUT2D eigenvalue weighted by Crippen LogP contribution is -2.12. The van der Waals surface area contributed by atoms with E-state index in [2.05, 4.69) is 4.98 Å². The van der Waals surface area contributed by atoms with Crippen molar-refractivity contribution >= 4 is 0 Å². The van der Waals surface area contributed by atoms with Gasteiger partial charge in [-0.1, -0.05) is 0 Å². The van der Waals surface area contributed by atoms with Gasteiger partial charge in [0.25, 0.3) is 0 Å². The van der Waals surface area contributed by atoms with E-state index in [-0.39, 0.29) is 0 Å². The maximum Gasteiger partial charge on any atom is 0.213 e. The molecule has 0 aliphatic heterocycles. The zero-order chi connectivity index (χ0) is 9.97. The predicted molar refractivity (Wildman–Crippen MR) is 51.8 cm³/mol. The standard InChI is InChI=1S/C11H14FNO/c1-8-10(6-7-11(12)13-8)14-9-4-2-3-5-9/h6-7,9H,2-5H2,1H3. The third kappa shape index (κ3) is 2.03. The Bertz CT molecular complexity index is 321. The Morgan fingerprint density at radius 2 is 2.07 bits per heavy atom. The van der Waals surface area contributed by atoms with Crippen molar-refractivity contribution in [2.24, 2.45) is 0 Å². The molecule has 76 valence electrons. The number of pyridine rings is 1. The molecule has 0 atom stereocenters. The molecule has 1 aliphatic rings. The van der Waals surface area contributed by atoms with Gasteiger partial charge < -0.3 is 4.74 Å². The summed E-state index contributed by atoms with van der Waals surface area (Å²) in [4.78, 5) is 3.72. The van der Waals surface area contributed by atoms with Crippen LogP contribution in [0.5, 0.6) is 5.75 Å². The van der Waals surface area contributed by atoms with Gasteiger partial charge in [-0.05, 0) is 44.7 Å². The molecule has 2 rings (SSSR count). The maximum absolute atomic E-state index is 12.7. The molecule has 0 N–H and O–H groups in total. The van der Waals surface area contributed by atoms with E-state index < -0.39 is 5.95 Å². The second-order valence-corrected chi connectivity index (χ2v) is 3.74. The third-order valence-corrected chi connectivity index (χ3v) is 2.60. The van der Waals surface area contributed by atoms with Crippen molar-refractivity contribution in [3.8, 4) is 5.75 Å². The van der Waals surface area contributed by atoms with Crippen LogP contribution in [-0.4, -0.2) is 11.1 Å². The maximum atomic E-state index is 12.7. The van der Waals surface area contributed by atoms with E-state index in [4.69, 9.17) is 4.74 Å². The largest absolute Gasteiger partial charge is 0.489 e. The molecular formula is C11H14FNO. The molecule has 0 unspecified atom stereocenters. The van der Waals surface area contributed by atoms with Crippen molar-refractivity contribution in [2.45, 2.75) is 38.7 Å². The number of halogens is 1. The van der Waals surface area contributed by atoms with Crippen LogP contribution < -0.4 is 4.74 Å². The second-order valence-electron chi connectivity index (χ2n) is 3.74. The quantitative estimate of drug-likeness (QED) is 0.677. The average Bonchev–Trinajstić information content (AvgIpc) is 2.62. The molecule has 14 heavy (non-hydrogen) atoms. The van der Waals surface area contributed by atoms with E-state index in [9.17, 15) is 4.39 Å². The van der Waals surface area contributed by atoms with Gasteiger partial charge in [-0.2, -0.15) is 4.39 Å². The molecule has 1 heterocycles. The minimum Gasteiger partial charge on any atom is -0.489 e. The fourth-order valence-electron chi connectivity index (χ4n) is 1.83. The molecule has 0 amide bonds. The van der Waals surface area contributed by atoms with Crippen molar-refractivity contribution in [3.05, 3.63) is 23.8 Å². The number of aryl methyl sites for hydroxylation is 1. The van der Waals surface area contributed by atoms with Crippen LogP contribution in [0.1, 0.15) is 31.4 Å². The van der Waals surface area contributed by atoms with Crippen molar-refractivity contribution in [2.75, 3.05) is 0 Å². The Balaban J connectivity index is 2.08. The molecule has 1 fully saturated rings. The molecule has 1 aromatic rings. The third-order valence-electron chi connectivity index (χ3n) is 2.60. The van der Waals surface area contributed by atoms with Crippen LogP contribution in [0.4, 0.5) is 4.39 Å². The smallest absolute Gasteiger partial charge is 0.213 e. The van der Waals surface area contributed by atoms with Crippen molar-refractivity contribution in [1.29, 1.82) is 0 Å². The van der Waals surface area contributed by atoms with E-state index in [1.54, 1.807) is 13.0 Å². The highest BCUT2D eigenvalue weighted by Crippen LogP contribution is 2.25. The first-order valence-corrected chi connectivity index (χ1v) is 5.05. The van der Waals surface area contributed by atoms with E-state index >= 15 is 0 Å². The van der Waals surface area contributed by atoms with Crippen LogP contribution in [0.25, 0.3) is 0 Å².